The van der Waals surface area contributed by atoms with Crippen molar-refractivity contribution in [3.8, 4) is 16.9 Å². The van der Waals surface area contributed by atoms with Crippen molar-refractivity contribution in [1.29, 1.82) is 0 Å². The Hall–Kier alpha value is -2.35. The van der Waals surface area contributed by atoms with Gasteiger partial charge in [-0.3, -0.25) is 4.79 Å². The molecule has 2 heteroatoms. The molecule has 0 saturated carbocycles. The first-order chi connectivity index (χ1) is 9.61. The van der Waals surface area contributed by atoms with E-state index in [0.29, 0.717) is 6.42 Å². The summed E-state index contributed by atoms with van der Waals surface area (Å²) in [4.78, 5) is 11.7. The summed E-state index contributed by atoms with van der Waals surface area (Å²) in [6.07, 6.45) is 3.07. The van der Waals surface area contributed by atoms with Crippen LogP contribution in [-0.4, -0.2) is 10.9 Å². The molecule has 3 rings (SSSR count). The lowest BCUT2D eigenvalue weighted by molar-refractivity contribution is 0.0994. The van der Waals surface area contributed by atoms with E-state index >= 15 is 0 Å². The minimum absolute atomic E-state index is 0.230. The molecule has 1 N–H and O–H groups in total. The van der Waals surface area contributed by atoms with Crippen molar-refractivity contribution in [2.75, 3.05) is 0 Å². The lowest BCUT2D eigenvalue weighted by Crippen LogP contribution is -1.92. The van der Waals surface area contributed by atoms with Gasteiger partial charge in [0.2, 0.25) is 0 Å². The average molecular weight is 264 g/mol. The van der Waals surface area contributed by atoms with Crippen LogP contribution in [0.2, 0.25) is 0 Å². The zero-order valence-corrected chi connectivity index (χ0v) is 11.4. The van der Waals surface area contributed by atoms with Gasteiger partial charge in [-0.1, -0.05) is 43.0 Å². The lowest BCUT2D eigenvalue weighted by Gasteiger charge is -2.11. The fourth-order valence-corrected chi connectivity index (χ4v) is 2.82. The van der Waals surface area contributed by atoms with Gasteiger partial charge in [0.1, 0.15) is 5.75 Å². The molecule has 0 bridgehead atoms. The van der Waals surface area contributed by atoms with E-state index in [1.165, 1.54) is 0 Å². The summed E-state index contributed by atoms with van der Waals surface area (Å²) < 4.78 is 0. The number of fused-ring (bicyclic) bond motifs is 1. The highest BCUT2D eigenvalue weighted by atomic mass is 16.3. The molecule has 20 heavy (non-hydrogen) atoms. The maximum absolute atomic E-state index is 11.7. The van der Waals surface area contributed by atoms with Crippen molar-refractivity contribution >= 4 is 11.9 Å². The molecule has 0 aliphatic heterocycles. The molecule has 0 saturated heterocycles. The van der Waals surface area contributed by atoms with Crippen LogP contribution < -0.4 is 0 Å². The average Bonchev–Trinajstić information content (AvgIpc) is 2.83. The Bertz CT molecular complexity index is 726. The summed E-state index contributed by atoms with van der Waals surface area (Å²) in [5, 5.41) is 10.1. The molecule has 2 aromatic carbocycles. The minimum atomic E-state index is 0.230. The van der Waals surface area contributed by atoms with Crippen LogP contribution in [0.25, 0.3) is 17.2 Å². The molecule has 0 atom stereocenters. The van der Waals surface area contributed by atoms with E-state index in [0.717, 1.165) is 39.8 Å². The van der Waals surface area contributed by atoms with Crippen LogP contribution in [0.5, 0.6) is 5.75 Å². The van der Waals surface area contributed by atoms with Crippen LogP contribution in [0, 0.1) is 6.92 Å². The van der Waals surface area contributed by atoms with Crippen molar-refractivity contribution < 1.29 is 9.90 Å². The predicted octanol–water partition coefficient (Wildman–Crippen LogP) is 4.14. The lowest BCUT2D eigenvalue weighted by atomic mass is 9.95. The van der Waals surface area contributed by atoms with Gasteiger partial charge in [0.05, 0.1) is 0 Å². The van der Waals surface area contributed by atoms with Gasteiger partial charge in [-0.25, -0.2) is 0 Å². The first-order valence-corrected chi connectivity index (χ1v) is 6.73. The zero-order valence-electron chi connectivity index (χ0n) is 11.4. The van der Waals surface area contributed by atoms with Crippen LogP contribution in [0.15, 0.2) is 36.9 Å². The number of rotatable bonds is 2. The van der Waals surface area contributed by atoms with Gasteiger partial charge < -0.3 is 5.11 Å². The predicted molar refractivity (Wildman–Crippen MR) is 81.0 cm³/mol. The SMILES string of the molecule is C=Cc1ccc(-c2ccc3c(c2)CCC3=O)c(C)c1O. The molecule has 2 nitrogen and oxygen atoms in total. The Morgan fingerprint density at radius 3 is 2.65 bits per heavy atom. The second-order valence-electron chi connectivity index (χ2n) is 5.18. The van der Waals surface area contributed by atoms with E-state index < -0.39 is 0 Å². The molecule has 0 amide bonds. The first kappa shape index (κ1) is 12.7. The molecule has 0 unspecified atom stereocenters. The summed E-state index contributed by atoms with van der Waals surface area (Å²) in [6.45, 7) is 5.59. The Balaban J connectivity index is 2.13. The van der Waals surface area contributed by atoms with Gasteiger partial charge in [-0.2, -0.15) is 0 Å². The van der Waals surface area contributed by atoms with E-state index in [2.05, 4.69) is 12.6 Å². The summed E-state index contributed by atoms with van der Waals surface area (Å²) in [6, 6.07) is 9.78. The number of phenolic OH excluding ortho intramolecular Hbond substituents is 1. The maximum Gasteiger partial charge on any atom is 0.163 e. The van der Waals surface area contributed by atoms with Crippen molar-refractivity contribution in [2.24, 2.45) is 0 Å². The number of ketones is 1. The molecular weight excluding hydrogens is 248 g/mol. The topological polar surface area (TPSA) is 37.3 Å². The third-order valence-corrected chi connectivity index (χ3v) is 4.02. The second kappa shape index (κ2) is 4.64. The second-order valence-corrected chi connectivity index (χ2v) is 5.18. The number of Topliss-reactive ketones (excluding diaryl/α,β-unsaturated/α-hetero) is 1. The van der Waals surface area contributed by atoms with Crippen LogP contribution >= 0.6 is 0 Å². The van der Waals surface area contributed by atoms with Gasteiger partial charge in [0.25, 0.3) is 0 Å². The molecule has 0 aromatic heterocycles. The fraction of sp³-hybridized carbons (Fsp3) is 0.167. The number of phenols is 1. The summed E-state index contributed by atoms with van der Waals surface area (Å²) in [5.74, 6) is 0.502. The van der Waals surface area contributed by atoms with E-state index in [4.69, 9.17) is 0 Å². The van der Waals surface area contributed by atoms with E-state index in [9.17, 15) is 9.90 Å². The molecule has 0 spiro atoms. The third-order valence-electron chi connectivity index (χ3n) is 4.02. The number of carbonyl (C=O) groups is 1. The highest BCUT2D eigenvalue weighted by Gasteiger charge is 2.20. The molecule has 0 heterocycles. The molecule has 100 valence electrons. The van der Waals surface area contributed by atoms with Crippen molar-refractivity contribution in [3.63, 3.8) is 0 Å². The van der Waals surface area contributed by atoms with E-state index in [1.807, 2.05) is 31.2 Å². The summed E-state index contributed by atoms with van der Waals surface area (Å²) >= 11 is 0. The first-order valence-electron chi connectivity index (χ1n) is 6.73. The smallest absolute Gasteiger partial charge is 0.163 e. The van der Waals surface area contributed by atoms with Gasteiger partial charge in [-0.15, -0.1) is 0 Å². The van der Waals surface area contributed by atoms with Gasteiger partial charge in [-0.05, 0) is 35.6 Å². The third kappa shape index (κ3) is 1.85. The summed E-state index contributed by atoms with van der Waals surface area (Å²) in [7, 11) is 0. The Labute approximate surface area is 118 Å². The molecule has 1 aliphatic carbocycles. The quantitative estimate of drug-likeness (QED) is 0.885. The minimum Gasteiger partial charge on any atom is -0.507 e. The maximum atomic E-state index is 11.7. The molecular formula is C18H16O2. The number of aromatic hydroxyl groups is 1. The molecule has 1 aliphatic rings. The highest BCUT2D eigenvalue weighted by molar-refractivity contribution is 6.01. The standard InChI is InChI=1S/C18H16O2/c1-3-12-4-7-15(11(2)18(12)20)13-5-8-16-14(10-13)6-9-17(16)19/h3-5,7-8,10,20H,1,6,9H2,2H3. The number of hydrogen-bond donors (Lipinski definition) is 1. The van der Waals surface area contributed by atoms with E-state index in [-0.39, 0.29) is 11.5 Å². The Morgan fingerprint density at radius 1 is 1.15 bits per heavy atom. The largest absolute Gasteiger partial charge is 0.507 e. The van der Waals surface area contributed by atoms with Crippen LogP contribution in [0.3, 0.4) is 0 Å². The van der Waals surface area contributed by atoms with Crippen molar-refractivity contribution in [3.05, 3.63) is 59.2 Å². The Kier molecular flexibility index (Phi) is 2.94. The normalized spacial score (nSPS) is 13.3. The fourth-order valence-electron chi connectivity index (χ4n) is 2.82. The van der Waals surface area contributed by atoms with Crippen LogP contribution in [0.4, 0.5) is 0 Å². The van der Waals surface area contributed by atoms with Gasteiger partial charge in [0, 0.05) is 17.5 Å². The molecule has 0 radical (unpaired) electrons. The number of aryl methyl sites for hydroxylation is 1. The van der Waals surface area contributed by atoms with Gasteiger partial charge >= 0.3 is 0 Å². The van der Waals surface area contributed by atoms with Gasteiger partial charge in [0.15, 0.2) is 5.78 Å². The number of carbonyl (C=O) groups excluding carboxylic acids is 1. The van der Waals surface area contributed by atoms with Crippen molar-refractivity contribution in [1.82, 2.24) is 0 Å². The van der Waals surface area contributed by atoms with Crippen LogP contribution in [0.1, 0.15) is 33.5 Å². The van der Waals surface area contributed by atoms with E-state index in [1.54, 1.807) is 6.08 Å². The monoisotopic (exact) mass is 264 g/mol. The Morgan fingerprint density at radius 2 is 1.90 bits per heavy atom. The molecule has 2 aromatic rings. The highest BCUT2D eigenvalue weighted by Crippen LogP contribution is 2.35. The zero-order chi connectivity index (χ0) is 14.3. The van der Waals surface area contributed by atoms with Crippen molar-refractivity contribution in [2.45, 2.75) is 19.8 Å². The van der Waals surface area contributed by atoms with Crippen LogP contribution in [-0.2, 0) is 6.42 Å². The summed E-state index contributed by atoms with van der Waals surface area (Å²) in [5.41, 5.74) is 5.57. The number of hydrogen-bond acceptors (Lipinski definition) is 2. The molecule has 0 fully saturated rings. The number of benzene rings is 2.